The monoisotopic (exact) mass is 367 g/mol. The van der Waals surface area contributed by atoms with Crippen LogP contribution in [-0.4, -0.2) is 13.7 Å². The summed E-state index contributed by atoms with van der Waals surface area (Å²) in [7, 11) is 1.69. The van der Waals surface area contributed by atoms with E-state index in [0.29, 0.717) is 0 Å². The summed E-state index contributed by atoms with van der Waals surface area (Å²) in [5, 5.41) is 4.26. The van der Waals surface area contributed by atoms with Crippen LogP contribution in [-0.2, 0) is 6.42 Å². The van der Waals surface area contributed by atoms with Crippen molar-refractivity contribution in [3.63, 3.8) is 0 Å². The van der Waals surface area contributed by atoms with Gasteiger partial charge in [-0.1, -0.05) is 36.7 Å². The van der Waals surface area contributed by atoms with E-state index in [0.717, 1.165) is 28.2 Å². The lowest BCUT2D eigenvalue weighted by Crippen LogP contribution is -2.23. The Morgan fingerprint density at radius 2 is 2.05 bits per heavy atom. The Morgan fingerprint density at radius 1 is 1.24 bits per heavy atom. The molecule has 1 N–H and O–H groups in total. The molecular formula is C17H19BrClNO. The summed E-state index contributed by atoms with van der Waals surface area (Å²) in [4.78, 5) is 0. The Bertz CT molecular complexity index is 603. The summed E-state index contributed by atoms with van der Waals surface area (Å²) >= 11 is 9.57. The van der Waals surface area contributed by atoms with Crippen molar-refractivity contribution in [1.82, 2.24) is 5.32 Å². The fraction of sp³-hybridized carbons (Fsp3) is 0.294. The zero-order valence-electron chi connectivity index (χ0n) is 12.2. The first-order chi connectivity index (χ1) is 10.1. The zero-order chi connectivity index (χ0) is 15.2. The van der Waals surface area contributed by atoms with Crippen LogP contribution in [0.3, 0.4) is 0 Å². The third-order valence-corrected chi connectivity index (χ3v) is 4.58. The SMILES string of the molecule is CCNC(Cc1cccc(OC)c1)c1ccc(Cl)c(Br)c1. The predicted octanol–water partition coefficient (Wildman–Crippen LogP) is 5.00. The summed E-state index contributed by atoms with van der Waals surface area (Å²) in [6.45, 7) is 3.03. The largest absolute Gasteiger partial charge is 0.497 e. The van der Waals surface area contributed by atoms with E-state index in [1.54, 1.807) is 7.11 Å². The number of rotatable bonds is 6. The van der Waals surface area contributed by atoms with Gasteiger partial charge in [-0.15, -0.1) is 0 Å². The summed E-state index contributed by atoms with van der Waals surface area (Å²) < 4.78 is 6.22. The minimum absolute atomic E-state index is 0.246. The third-order valence-electron chi connectivity index (χ3n) is 3.37. The third kappa shape index (κ3) is 4.47. The zero-order valence-corrected chi connectivity index (χ0v) is 14.5. The highest BCUT2D eigenvalue weighted by molar-refractivity contribution is 9.10. The minimum Gasteiger partial charge on any atom is -0.497 e. The minimum atomic E-state index is 0.246. The van der Waals surface area contributed by atoms with Crippen LogP contribution in [0.15, 0.2) is 46.9 Å². The fourth-order valence-electron chi connectivity index (χ4n) is 2.32. The van der Waals surface area contributed by atoms with E-state index in [-0.39, 0.29) is 6.04 Å². The standard InChI is InChI=1S/C17H19BrClNO/c1-3-20-17(13-7-8-16(19)15(18)11-13)10-12-5-4-6-14(9-12)21-2/h4-9,11,17,20H,3,10H2,1-2H3. The molecule has 2 rings (SSSR count). The Labute approximate surface area is 139 Å². The fourth-order valence-corrected chi connectivity index (χ4v) is 2.83. The molecule has 0 fully saturated rings. The Kier molecular flexibility index (Phi) is 6.09. The maximum Gasteiger partial charge on any atom is 0.119 e. The quantitative estimate of drug-likeness (QED) is 0.774. The van der Waals surface area contributed by atoms with Crippen molar-refractivity contribution in [3.8, 4) is 5.75 Å². The molecule has 1 unspecified atom stereocenters. The van der Waals surface area contributed by atoms with Crippen molar-refractivity contribution in [1.29, 1.82) is 0 Å². The molecule has 0 aliphatic heterocycles. The molecule has 1 atom stereocenters. The van der Waals surface area contributed by atoms with Crippen LogP contribution in [0.4, 0.5) is 0 Å². The maximum atomic E-state index is 6.08. The van der Waals surface area contributed by atoms with Gasteiger partial charge in [-0.2, -0.15) is 0 Å². The van der Waals surface area contributed by atoms with Crippen molar-refractivity contribution in [2.75, 3.05) is 13.7 Å². The van der Waals surface area contributed by atoms with E-state index in [1.165, 1.54) is 11.1 Å². The molecule has 0 spiro atoms. The number of likely N-dealkylation sites (N-methyl/N-ethyl adjacent to an activating group) is 1. The number of halogens is 2. The lowest BCUT2D eigenvalue weighted by atomic mass is 9.98. The summed E-state index contributed by atoms with van der Waals surface area (Å²) in [5.41, 5.74) is 2.46. The van der Waals surface area contributed by atoms with Crippen molar-refractivity contribution < 1.29 is 4.74 Å². The number of benzene rings is 2. The Morgan fingerprint density at radius 3 is 2.71 bits per heavy atom. The maximum absolute atomic E-state index is 6.08. The van der Waals surface area contributed by atoms with E-state index < -0.39 is 0 Å². The summed E-state index contributed by atoms with van der Waals surface area (Å²) in [5.74, 6) is 0.889. The molecular weight excluding hydrogens is 350 g/mol. The van der Waals surface area contributed by atoms with Crippen LogP contribution in [0.5, 0.6) is 5.75 Å². The molecule has 2 nitrogen and oxygen atoms in total. The molecule has 0 saturated heterocycles. The van der Waals surface area contributed by atoms with E-state index >= 15 is 0 Å². The van der Waals surface area contributed by atoms with Gasteiger partial charge in [0.05, 0.1) is 12.1 Å². The molecule has 112 valence electrons. The molecule has 0 radical (unpaired) electrons. The predicted molar refractivity (Wildman–Crippen MR) is 92.3 cm³/mol. The van der Waals surface area contributed by atoms with Crippen molar-refractivity contribution >= 4 is 27.5 Å². The first-order valence-electron chi connectivity index (χ1n) is 6.95. The Hall–Kier alpha value is -1.03. The van der Waals surface area contributed by atoms with Gasteiger partial charge in [0.15, 0.2) is 0 Å². The van der Waals surface area contributed by atoms with E-state index in [9.17, 15) is 0 Å². The molecule has 0 aliphatic rings. The Balaban J connectivity index is 2.23. The molecule has 0 aromatic heterocycles. The topological polar surface area (TPSA) is 21.3 Å². The number of hydrogen-bond acceptors (Lipinski definition) is 2. The molecule has 2 aromatic rings. The first-order valence-corrected chi connectivity index (χ1v) is 8.12. The molecule has 0 aliphatic carbocycles. The van der Waals surface area contributed by atoms with Gasteiger partial charge in [-0.25, -0.2) is 0 Å². The smallest absolute Gasteiger partial charge is 0.119 e. The van der Waals surface area contributed by atoms with Crippen LogP contribution < -0.4 is 10.1 Å². The van der Waals surface area contributed by atoms with Gasteiger partial charge in [0.1, 0.15) is 5.75 Å². The van der Waals surface area contributed by atoms with E-state index in [1.807, 2.05) is 18.2 Å². The van der Waals surface area contributed by atoms with Gasteiger partial charge >= 0.3 is 0 Å². The second-order valence-electron chi connectivity index (χ2n) is 4.84. The highest BCUT2D eigenvalue weighted by Crippen LogP contribution is 2.28. The van der Waals surface area contributed by atoms with Crippen LogP contribution in [0.2, 0.25) is 5.02 Å². The van der Waals surface area contributed by atoms with Gasteiger partial charge in [0, 0.05) is 10.5 Å². The van der Waals surface area contributed by atoms with Crippen molar-refractivity contribution in [2.24, 2.45) is 0 Å². The lowest BCUT2D eigenvalue weighted by molar-refractivity contribution is 0.414. The average molecular weight is 369 g/mol. The molecule has 0 saturated carbocycles. The van der Waals surface area contributed by atoms with Gasteiger partial charge in [0.25, 0.3) is 0 Å². The van der Waals surface area contributed by atoms with Crippen LogP contribution in [0.25, 0.3) is 0 Å². The van der Waals surface area contributed by atoms with Crippen LogP contribution in [0.1, 0.15) is 24.1 Å². The van der Waals surface area contributed by atoms with E-state index in [4.69, 9.17) is 16.3 Å². The molecule has 0 heterocycles. The van der Waals surface area contributed by atoms with Crippen molar-refractivity contribution in [3.05, 3.63) is 63.1 Å². The number of ether oxygens (including phenoxy) is 1. The average Bonchev–Trinajstić information content (AvgIpc) is 2.50. The molecule has 0 amide bonds. The first kappa shape index (κ1) is 16.3. The highest BCUT2D eigenvalue weighted by atomic mass is 79.9. The van der Waals surface area contributed by atoms with E-state index in [2.05, 4.69) is 52.4 Å². The number of hydrogen-bond donors (Lipinski definition) is 1. The highest BCUT2D eigenvalue weighted by Gasteiger charge is 2.13. The van der Waals surface area contributed by atoms with Gasteiger partial charge in [0.2, 0.25) is 0 Å². The van der Waals surface area contributed by atoms with Crippen LogP contribution in [0, 0.1) is 0 Å². The molecule has 2 aromatic carbocycles. The summed E-state index contributed by atoms with van der Waals surface area (Å²) in [6, 6.07) is 14.5. The number of methoxy groups -OCH3 is 1. The summed E-state index contributed by atoms with van der Waals surface area (Å²) in [6.07, 6.45) is 0.902. The normalized spacial score (nSPS) is 12.2. The molecule has 4 heteroatoms. The van der Waals surface area contributed by atoms with Crippen molar-refractivity contribution in [2.45, 2.75) is 19.4 Å². The number of nitrogens with one attached hydrogen (secondary N) is 1. The second kappa shape index (κ2) is 7.83. The van der Waals surface area contributed by atoms with Gasteiger partial charge in [-0.3, -0.25) is 0 Å². The van der Waals surface area contributed by atoms with Crippen LogP contribution >= 0.6 is 27.5 Å². The van der Waals surface area contributed by atoms with Gasteiger partial charge in [-0.05, 0) is 64.3 Å². The lowest BCUT2D eigenvalue weighted by Gasteiger charge is -2.19. The molecule has 21 heavy (non-hydrogen) atoms. The molecule has 0 bridgehead atoms. The van der Waals surface area contributed by atoms with Gasteiger partial charge < -0.3 is 10.1 Å². The second-order valence-corrected chi connectivity index (χ2v) is 6.10.